The predicted octanol–water partition coefficient (Wildman–Crippen LogP) is 1.65. The first-order chi connectivity index (χ1) is 8.73. The van der Waals surface area contributed by atoms with Crippen LogP contribution in [0.5, 0.6) is 0 Å². The minimum atomic E-state index is -0.878. The zero-order valence-corrected chi connectivity index (χ0v) is 11.8. The molecular weight excluding hydrogens is 248 g/mol. The Labute approximate surface area is 112 Å². The molecule has 0 radical (unpaired) electrons. The predicted molar refractivity (Wildman–Crippen MR) is 68.2 cm³/mol. The van der Waals surface area contributed by atoms with Gasteiger partial charge in [-0.3, -0.25) is 14.4 Å². The van der Waals surface area contributed by atoms with Crippen molar-refractivity contribution in [3.8, 4) is 0 Å². The van der Waals surface area contributed by atoms with Crippen LogP contribution in [0.4, 0.5) is 0 Å². The third kappa shape index (κ3) is 3.66. The first kappa shape index (κ1) is 15.4. The molecule has 0 heterocycles. The van der Waals surface area contributed by atoms with Crippen LogP contribution in [0.1, 0.15) is 34.1 Å². The summed E-state index contributed by atoms with van der Waals surface area (Å²) in [6.45, 7) is 9.84. The van der Waals surface area contributed by atoms with Crippen molar-refractivity contribution in [1.29, 1.82) is 0 Å². The summed E-state index contributed by atoms with van der Waals surface area (Å²) < 4.78 is 10.3. The van der Waals surface area contributed by atoms with Gasteiger partial charge in [-0.05, 0) is 13.3 Å². The van der Waals surface area contributed by atoms with Crippen molar-refractivity contribution < 1.29 is 23.9 Å². The van der Waals surface area contributed by atoms with E-state index in [1.807, 2.05) is 0 Å². The molecule has 0 saturated heterocycles. The lowest BCUT2D eigenvalue weighted by atomic mass is 9.75. The first-order valence-electron chi connectivity index (χ1n) is 6.27. The summed E-state index contributed by atoms with van der Waals surface area (Å²) >= 11 is 0. The average molecular weight is 268 g/mol. The van der Waals surface area contributed by atoms with E-state index in [9.17, 15) is 14.4 Å². The van der Waals surface area contributed by atoms with Crippen molar-refractivity contribution in [2.45, 2.75) is 46.3 Å². The van der Waals surface area contributed by atoms with Crippen molar-refractivity contribution in [2.75, 3.05) is 0 Å². The maximum Gasteiger partial charge on any atom is 0.303 e. The van der Waals surface area contributed by atoms with Gasteiger partial charge in [-0.2, -0.15) is 0 Å². The Kier molecular flexibility index (Phi) is 4.86. The minimum Gasteiger partial charge on any atom is -0.462 e. The van der Waals surface area contributed by atoms with Crippen molar-refractivity contribution in [1.82, 2.24) is 0 Å². The monoisotopic (exact) mass is 268 g/mol. The van der Waals surface area contributed by atoms with Crippen molar-refractivity contribution in [2.24, 2.45) is 11.8 Å². The number of carbonyl (C=O) groups is 3. The quantitative estimate of drug-likeness (QED) is 0.575. The molecule has 19 heavy (non-hydrogen) atoms. The van der Waals surface area contributed by atoms with Gasteiger partial charge in [-0.25, -0.2) is 0 Å². The van der Waals surface area contributed by atoms with E-state index in [2.05, 4.69) is 6.58 Å². The number of rotatable bonds is 3. The second-order valence-corrected chi connectivity index (χ2v) is 5.07. The topological polar surface area (TPSA) is 69.7 Å². The molecule has 0 aromatic heterocycles. The highest BCUT2D eigenvalue weighted by molar-refractivity contribution is 5.90. The number of hydrogen-bond acceptors (Lipinski definition) is 5. The van der Waals surface area contributed by atoms with Gasteiger partial charge in [0.2, 0.25) is 0 Å². The van der Waals surface area contributed by atoms with Crippen LogP contribution in [0.25, 0.3) is 0 Å². The molecule has 1 saturated carbocycles. The lowest BCUT2D eigenvalue weighted by Crippen LogP contribution is -2.49. The van der Waals surface area contributed by atoms with Gasteiger partial charge < -0.3 is 9.47 Å². The van der Waals surface area contributed by atoms with Crippen LogP contribution < -0.4 is 0 Å². The van der Waals surface area contributed by atoms with E-state index in [0.717, 1.165) is 0 Å². The first-order valence-corrected chi connectivity index (χ1v) is 6.27. The summed E-state index contributed by atoms with van der Waals surface area (Å²) in [7, 11) is 0. The molecule has 0 aliphatic heterocycles. The van der Waals surface area contributed by atoms with Gasteiger partial charge >= 0.3 is 11.9 Å². The largest absolute Gasteiger partial charge is 0.462 e. The summed E-state index contributed by atoms with van der Waals surface area (Å²) in [5.41, 5.74) is 0.686. The van der Waals surface area contributed by atoms with E-state index >= 15 is 0 Å². The lowest BCUT2D eigenvalue weighted by molar-refractivity contribution is -0.171. The fraction of sp³-hybridized carbons (Fsp3) is 0.643. The molecule has 5 heteroatoms. The van der Waals surface area contributed by atoms with Crippen LogP contribution >= 0.6 is 0 Å². The standard InChI is InChI=1S/C14H20O5/c1-7(2)11-6-12(18-9(4)15)8(3)14(13(11)17)19-10(5)16/h8,11-12,14H,1,6H2,2-5H3/t8-,11+,12-,14+/m0/s1. The van der Waals surface area contributed by atoms with Crippen molar-refractivity contribution in [3.63, 3.8) is 0 Å². The highest BCUT2D eigenvalue weighted by atomic mass is 16.6. The van der Waals surface area contributed by atoms with Gasteiger partial charge in [0.15, 0.2) is 11.9 Å². The van der Waals surface area contributed by atoms with E-state index < -0.39 is 30.1 Å². The molecule has 1 aliphatic rings. The van der Waals surface area contributed by atoms with Crippen LogP contribution in [0.2, 0.25) is 0 Å². The molecule has 0 unspecified atom stereocenters. The molecule has 0 amide bonds. The fourth-order valence-corrected chi connectivity index (χ4v) is 2.37. The third-order valence-corrected chi connectivity index (χ3v) is 3.36. The van der Waals surface area contributed by atoms with Crippen LogP contribution in [0.15, 0.2) is 12.2 Å². The zero-order valence-electron chi connectivity index (χ0n) is 11.8. The molecule has 4 atom stereocenters. The Morgan fingerprint density at radius 1 is 1.16 bits per heavy atom. The van der Waals surface area contributed by atoms with E-state index in [1.165, 1.54) is 13.8 Å². The smallest absolute Gasteiger partial charge is 0.303 e. The number of allylic oxidation sites excluding steroid dienone is 1. The second kappa shape index (κ2) is 5.99. The van der Waals surface area contributed by atoms with Gasteiger partial charge in [0.1, 0.15) is 6.10 Å². The van der Waals surface area contributed by atoms with Gasteiger partial charge in [-0.15, -0.1) is 0 Å². The summed E-state index contributed by atoms with van der Waals surface area (Å²) in [5.74, 6) is -1.89. The van der Waals surface area contributed by atoms with E-state index in [1.54, 1.807) is 13.8 Å². The number of ether oxygens (including phenoxy) is 2. The van der Waals surface area contributed by atoms with Crippen molar-refractivity contribution in [3.05, 3.63) is 12.2 Å². The summed E-state index contributed by atoms with van der Waals surface area (Å²) in [6, 6.07) is 0. The normalized spacial score (nSPS) is 30.6. The molecule has 1 fully saturated rings. The van der Waals surface area contributed by atoms with Crippen LogP contribution in [0.3, 0.4) is 0 Å². The van der Waals surface area contributed by atoms with Gasteiger partial charge in [0.05, 0.1) is 0 Å². The Morgan fingerprint density at radius 2 is 1.68 bits per heavy atom. The zero-order chi connectivity index (χ0) is 14.7. The van der Waals surface area contributed by atoms with Gasteiger partial charge in [-0.1, -0.05) is 19.1 Å². The van der Waals surface area contributed by atoms with Crippen LogP contribution in [-0.4, -0.2) is 29.9 Å². The van der Waals surface area contributed by atoms with Crippen LogP contribution in [-0.2, 0) is 23.9 Å². The molecule has 5 nitrogen and oxygen atoms in total. The number of Topliss-reactive ketones (excluding diaryl/α,β-unsaturated/α-hetero) is 1. The molecular formula is C14H20O5. The Bertz CT molecular complexity index is 412. The van der Waals surface area contributed by atoms with Gasteiger partial charge in [0.25, 0.3) is 0 Å². The fourth-order valence-electron chi connectivity index (χ4n) is 2.37. The Hall–Kier alpha value is -1.65. The van der Waals surface area contributed by atoms with Crippen molar-refractivity contribution >= 4 is 17.7 Å². The SMILES string of the molecule is C=C(C)[C@H]1C[C@H](OC(C)=O)[C@H](C)[C@@H](OC(C)=O)C1=O. The maximum atomic E-state index is 12.3. The molecule has 0 aromatic rings. The highest BCUT2D eigenvalue weighted by Gasteiger charge is 2.45. The molecule has 0 bridgehead atoms. The summed E-state index contributed by atoms with van der Waals surface area (Å²) in [6.07, 6.45) is -0.925. The maximum absolute atomic E-state index is 12.3. The van der Waals surface area contributed by atoms with E-state index in [0.29, 0.717) is 12.0 Å². The third-order valence-electron chi connectivity index (χ3n) is 3.36. The second-order valence-electron chi connectivity index (χ2n) is 5.07. The average Bonchev–Trinajstić information content (AvgIpc) is 2.26. The van der Waals surface area contributed by atoms with E-state index in [4.69, 9.17) is 9.47 Å². The molecule has 1 aliphatic carbocycles. The molecule has 0 N–H and O–H groups in total. The minimum absolute atomic E-state index is 0.168. The van der Waals surface area contributed by atoms with Crippen LogP contribution in [0, 0.1) is 11.8 Å². The Morgan fingerprint density at radius 3 is 2.11 bits per heavy atom. The van der Waals surface area contributed by atoms with Gasteiger partial charge in [0, 0.05) is 25.7 Å². The molecule has 0 spiro atoms. The summed E-state index contributed by atoms with van der Waals surface area (Å²) in [4.78, 5) is 34.5. The number of ketones is 1. The summed E-state index contributed by atoms with van der Waals surface area (Å²) in [5, 5.41) is 0. The molecule has 1 rings (SSSR count). The molecule has 106 valence electrons. The van der Waals surface area contributed by atoms with E-state index in [-0.39, 0.29) is 11.7 Å². The number of carbonyl (C=O) groups excluding carboxylic acids is 3. The highest BCUT2D eigenvalue weighted by Crippen LogP contribution is 2.34. The lowest BCUT2D eigenvalue weighted by Gasteiger charge is -2.37. The number of hydrogen-bond donors (Lipinski definition) is 0. The molecule has 0 aromatic carbocycles. The Balaban J connectivity index is 2.99. The number of esters is 2.